The summed E-state index contributed by atoms with van der Waals surface area (Å²) in [6.45, 7) is 2.03. The van der Waals surface area contributed by atoms with Crippen molar-refractivity contribution in [1.29, 1.82) is 0 Å². The number of nitrogens with zero attached hydrogens (tertiary/aromatic N) is 1. The summed E-state index contributed by atoms with van der Waals surface area (Å²) >= 11 is 3.41. The molecule has 94 valence electrons. The molecule has 1 heterocycles. The SMILES string of the molecule is CCC1C=C(Br)C=CN1C(=O)Oc1ccccc1. The lowest BCUT2D eigenvalue weighted by molar-refractivity contribution is 0.160. The quantitative estimate of drug-likeness (QED) is 0.824. The maximum atomic E-state index is 12.1. The first-order valence-electron chi connectivity index (χ1n) is 5.81. The summed E-state index contributed by atoms with van der Waals surface area (Å²) < 4.78 is 6.30. The van der Waals surface area contributed by atoms with Crippen molar-refractivity contribution in [2.24, 2.45) is 0 Å². The second-order valence-electron chi connectivity index (χ2n) is 3.93. The maximum absolute atomic E-state index is 12.1. The van der Waals surface area contributed by atoms with Crippen molar-refractivity contribution in [3.63, 3.8) is 0 Å². The first-order valence-corrected chi connectivity index (χ1v) is 6.60. The highest BCUT2D eigenvalue weighted by molar-refractivity contribution is 9.11. The molecule has 0 saturated heterocycles. The van der Waals surface area contributed by atoms with E-state index >= 15 is 0 Å². The summed E-state index contributed by atoms with van der Waals surface area (Å²) in [7, 11) is 0. The molecular weight excluding hydrogens is 294 g/mol. The van der Waals surface area contributed by atoms with Gasteiger partial charge in [0, 0.05) is 10.7 Å². The summed E-state index contributed by atoms with van der Waals surface area (Å²) in [4.78, 5) is 13.6. The minimum Gasteiger partial charge on any atom is -0.410 e. The second kappa shape index (κ2) is 5.87. The van der Waals surface area contributed by atoms with Crippen LogP contribution in [0.3, 0.4) is 0 Å². The molecule has 4 heteroatoms. The highest BCUT2D eigenvalue weighted by Gasteiger charge is 2.23. The fourth-order valence-corrected chi connectivity index (χ4v) is 2.16. The van der Waals surface area contributed by atoms with E-state index in [4.69, 9.17) is 4.74 Å². The Labute approximate surface area is 115 Å². The highest BCUT2D eigenvalue weighted by Crippen LogP contribution is 2.21. The van der Waals surface area contributed by atoms with Gasteiger partial charge in [-0.1, -0.05) is 41.1 Å². The lowest BCUT2D eigenvalue weighted by atomic mass is 10.1. The van der Waals surface area contributed by atoms with Crippen LogP contribution in [0.15, 0.2) is 53.2 Å². The van der Waals surface area contributed by atoms with Crippen molar-refractivity contribution in [2.75, 3.05) is 0 Å². The number of para-hydroxylation sites is 1. The molecule has 1 amide bonds. The van der Waals surface area contributed by atoms with E-state index in [0.717, 1.165) is 10.9 Å². The first-order chi connectivity index (χ1) is 8.70. The Balaban J connectivity index is 2.08. The number of amides is 1. The summed E-state index contributed by atoms with van der Waals surface area (Å²) in [6.07, 6.45) is 6.04. The summed E-state index contributed by atoms with van der Waals surface area (Å²) in [5.41, 5.74) is 0. The van der Waals surface area contributed by atoms with Crippen LogP contribution in [0.4, 0.5) is 4.79 Å². The van der Waals surface area contributed by atoms with Gasteiger partial charge in [0.1, 0.15) is 5.75 Å². The number of ether oxygens (including phenoxy) is 1. The fraction of sp³-hybridized carbons (Fsp3) is 0.214. The third kappa shape index (κ3) is 3.01. The smallest absolute Gasteiger partial charge is 0.410 e. The Morgan fingerprint density at radius 2 is 2.11 bits per heavy atom. The summed E-state index contributed by atoms with van der Waals surface area (Å²) in [5, 5.41) is 0. The Morgan fingerprint density at radius 3 is 2.78 bits per heavy atom. The normalized spacial score (nSPS) is 18.4. The third-order valence-corrected chi connectivity index (χ3v) is 3.21. The average molecular weight is 308 g/mol. The van der Waals surface area contributed by atoms with Crippen LogP contribution in [-0.2, 0) is 0 Å². The first kappa shape index (κ1) is 12.9. The van der Waals surface area contributed by atoms with Crippen molar-refractivity contribution in [3.8, 4) is 5.75 Å². The number of benzene rings is 1. The molecule has 0 N–H and O–H groups in total. The molecular formula is C14H14BrNO2. The number of carbonyl (C=O) groups excluding carboxylic acids is 1. The van der Waals surface area contributed by atoms with Gasteiger partial charge in [-0.15, -0.1) is 0 Å². The van der Waals surface area contributed by atoms with Gasteiger partial charge >= 0.3 is 6.09 Å². The minimum atomic E-state index is -0.361. The fourth-order valence-electron chi connectivity index (χ4n) is 1.73. The number of carbonyl (C=O) groups is 1. The number of hydrogen-bond donors (Lipinski definition) is 0. The van der Waals surface area contributed by atoms with E-state index < -0.39 is 0 Å². The van der Waals surface area contributed by atoms with Gasteiger partial charge in [0.25, 0.3) is 0 Å². The zero-order valence-electron chi connectivity index (χ0n) is 10.0. The van der Waals surface area contributed by atoms with Crippen LogP contribution < -0.4 is 4.74 Å². The van der Waals surface area contributed by atoms with E-state index in [9.17, 15) is 4.79 Å². The maximum Gasteiger partial charge on any atom is 0.419 e. The molecule has 0 radical (unpaired) electrons. The van der Waals surface area contributed by atoms with E-state index in [1.54, 1.807) is 23.2 Å². The number of halogens is 1. The van der Waals surface area contributed by atoms with Crippen LogP contribution in [0.5, 0.6) is 5.75 Å². The third-order valence-electron chi connectivity index (χ3n) is 2.68. The molecule has 0 aliphatic carbocycles. The average Bonchev–Trinajstić information content (AvgIpc) is 2.39. The van der Waals surface area contributed by atoms with Crippen molar-refractivity contribution in [2.45, 2.75) is 19.4 Å². The van der Waals surface area contributed by atoms with Gasteiger partial charge in [0.05, 0.1) is 6.04 Å². The van der Waals surface area contributed by atoms with Crippen LogP contribution in [0.25, 0.3) is 0 Å². The summed E-state index contributed by atoms with van der Waals surface area (Å²) in [5.74, 6) is 0.555. The largest absolute Gasteiger partial charge is 0.419 e. The molecule has 1 aliphatic rings. The molecule has 1 aromatic rings. The molecule has 2 rings (SSSR count). The Kier molecular flexibility index (Phi) is 4.20. The predicted molar refractivity (Wildman–Crippen MR) is 74.5 cm³/mol. The standard InChI is InChI=1S/C14H14BrNO2/c1-2-12-10-11(15)8-9-16(12)14(17)18-13-6-4-3-5-7-13/h3-10,12H,2H2,1H3. The van der Waals surface area contributed by atoms with Gasteiger partial charge in [0.2, 0.25) is 0 Å². The lowest BCUT2D eigenvalue weighted by Crippen LogP contribution is -2.37. The highest BCUT2D eigenvalue weighted by atomic mass is 79.9. The molecule has 1 aliphatic heterocycles. The van der Waals surface area contributed by atoms with Gasteiger partial charge in [0.15, 0.2) is 0 Å². The van der Waals surface area contributed by atoms with Gasteiger partial charge in [-0.3, -0.25) is 4.90 Å². The van der Waals surface area contributed by atoms with Gasteiger partial charge in [-0.05, 0) is 30.7 Å². The molecule has 0 bridgehead atoms. The van der Waals surface area contributed by atoms with Crippen molar-refractivity contribution >= 4 is 22.0 Å². The Morgan fingerprint density at radius 1 is 1.39 bits per heavy atom. The number of allylic oxidation sites excluding steroid dienone is 2. The van der Waals surface area contributed by atoms with Crippen molar-refractivity contribution in [1.82, 2.24) is 4.90 Å². The molecule has 0 saturated carbocycles. The van der Waals surface area contributed by atoms with Crippen LogP contribution in [-0.4, -0.2) is 17.0 Å². The van der Waals surface area contributed by atoms with Crippen LogP contribution in [0, 0.1) is 0 Å². The van der Waals surface area contributed by atoms with Crippen LogP contribution in [0.2, 0.25) is 0 Å². The molecule has 0 aromatic heterocycles. The van der Waals surface area contributed by atoms with Crippen LogP contribution >= 0.6 is 15.9 Å². The van der Waals surface area contributed by atoms with E-state index in [1.165, 1.54) is 0 Å². The molecule has 1 aromatic carbocycles. The van der Waals surface area contributed by atoms with E-state index in [2.05, 4.69) is 15.9 Å². The Hall–Kier alpha value is -1.55. The topological polar surface area (TPSA) is 29.5 Å². The number of rotatable bonds is 2. The van der Waals surface area contributed by atoms with E-state index in [-0.39, 0.29) is 12.1 Å². The molecule has 1 atom stereocenters. The van der Waals surface area contributed by atoms with Gasteiger partial charge in [-0.2, -0.15) is 0 Å². The zero-order valence-corrected chi connectivity index (χ0v) is 11.6. The van der Waals surface area contributed by atoms with Gasteiger partial charge < -0.3 is 4.74 Å². The van der Waals surface area contributed by atoms with Gasteiger partial charge in [-0.25, -0.2) is 4.79 Å². The Bertz CT molecular complexity index is 482. The van der Waals surface area contributed by atoms with Crippen LogP contribution in [0.1, 0.15) is 13.3 Å². The van der Waals surface area contributed by atoms with Crippen molar-refractivity contribution < 1.29 is 9.53 Å². The molecule has 1 unspecified atom stereocenters. The monoisotopic (exact) mass is 307 g/mol. The zero-order chi connectivity index (χ0) is 13.0. The molecule has 18 heavy (non-hydrogen) atoms. The van der Waals surface area contributed by atoms with E-state index in [0.29, 0.717) is 5.75 Å². The summed E-state index contributed by atoms with van der Waals surface area (Å²) in [6, 6.07) is 9.11. The second-order valence-corrected chi connectivity index (χ2v) is 4.85. The predicted octanol–water partition coefficient (Wildman–Crippen LogP) is 4.07. The molecule has 3 nitrogen and oxygen atoms in total. The molecule has 0 spiro atoms. The van der Waals surface area contributed by atoms with E-state index in [1.807, 2.05) is 37.3 Å². The minimum absolute atomic E-state index is 0.0283. The molecule has 0 fully saturated rings. The number of hydrogen-bond acceptors (Lipinski definition) is 2. The van der Waals surface area contributed by atoms with Crippen molar-refractivity contribution in [3.05, 3.63) is 53.2 Å². The lowest BCUT2D eigenvalue weighted by Gasteiger charge is -2.27.